The van der Waals surface area contributed by atoms with Crippen LogP contribution >= 0.6 is 38.9 Å². The van der Waals surface area contributed by atoms with E-state index in [0.29, 0.717) is 54.0 Å². The molecule has 0 saturated carbocycles. The molecule has 1 aliphatic heterocycles. The number of fused-ring (bicyclic) bond motifs is 1. The number of carbonyl (C=O) groups excluding carboxylic acids is 2. The minimum absolute atomic E-state index is 0.127. The number of ether oxygens (including phenoxy) is 3. The highest BCUT2D eigenvalue weighted by molar-refractivity contribution is 9.10. The first-order valence-electron chi connectivity index (χ1n) is 14.3. The molecular formula is C35H26BrClN2O7S. The van der Waals surface area contributed by atoms with Gasteiger partial charge in [-0.2, -0.15) is 0 Å². The number of methoxy groups -OCH3 is 2. The summed E-state index contributed by atoms with van der Waals surface area (Å²) in [5, 5.41) is 0.411. The van der Waals surface area contributed by atoms with E-state index in [1.165, 1.54) is 18.8 Å². The molecule has 0 unspecified atom stereocenters. The summed E-state index contributed by atoms with van der Waals surface area (Å²) in [6, 6.07) is 21.9. The minimum atomic E-state index is -0.934. The second-order valence-corrected chi connectivity index (χ2v) is 12.6. The Balaban J connectivity index is 1.58. The molecule has 0 amide bonds. The van der Waals surface area contributed by atoms with Crippen LogP contribution in [0.2, 0.25) is 5.02 Å². The van der Waals surface area contributed by atoms with Crippen LogP contribution < -0.4 is 19.6 Å². The summed E-state index contributed by atoms with van der Waals surface area (Å²) in [6.45, 7) is 1.85. The van der Waals surface area contributed by atoms with Crippen LogP contribution in [-0.2, 0) is 14.3 Å². The van der Waals surface area contributed by atoms with Crippen LogP contribution in [0.1, 0.15) is 40.2 Å². The number of hydrogen-bond donors (Lipinski definition) is 0. The predicted octanol–water partition coefficient (Wildman–Crippen LogP) is 6.41. The van der Waals surface area contributed by atoms with Crippen molar-refractivity contribution in [2.45, 2.75) is 13.0 Å². The number of carbonyl (C=O) groups is 2. The van der Waals surface area contributed by atoms with Crippen molar-refractivity contribution in [1.82, 2.24) is 4.57 Å². The third-order valence-electron chi connectivity index (χ3n) is 7.41. The predicted molar refractivity (Wildman–Crippen MR) is 182 cm³/mol. The molecule has 0 radical (unpaired) electrons. The molecule has 5 aromatic rings. The molecule has 0 saturated heterocycles. The maximum Gasteiger partial charge on any atom is 0.338 e. The standard InChI is InChI=1S/C35H26BrClN2O7S/c1-4-45-34(42)29-30(19-8-6-5-7-9-19)38-35-39(31(29)25-16-20(36)10-14-26(25)43-2)32(40)28(47-35)18-22-12-15-27(46-22)24-17-21(37)11-13-23(24)33(41)44-3/h5-18,31H,4H2,1-3H3/b28-18-/t31-/m0/s1. The molecule has 1 aliphatic rings. The Morgan fingerprint density at radius 2 is 1.83 bits per heavy atom. The van der Waals surface area contributed by atoms with E-state index in [1.54, 1.807) is 49.4 Å². The van der Waals surface area contributed by atoms with Crippen LogP contribution in [-0.4, -0.2) is 37.3 Å². The number of thiazole rings is 1. The molecule has 1 atom stereocenters. The average Bonchev–Trinajstić information content (AvgIpc) is 3.67. The summed E-state index contributed by atoms with van der Waals surface area (Å²) in [5.41, 5.74) is 2.17. The number of hydrogen-bond acceptors (Lipinski definition) is 9. The fraction of sp³-hybridized carbons (Fsp3) is 0.143. The van der Waals surface area contributed by atoms with Gasteiger partial charge in [-0.25, -0.2) is 14.6 Å². The van der Waals surface area contributed by atoms with Crippen LogP contribution in [0.25, 0.3) is 23.1 Å². The van der Waals surface area contributed by atoms with E-state index in [2.05, 4.69) is 15.9 Å². The van der Waals surface area contributed by atoms with Gasteiger partial charge in [0.05, 0.1) is 42.2 Å². The zero-order valence-corrected chi connectivity index (χ0v) is 28.4. The molecule has 0 N–H and O–H groups in total. The molecule has 2 aromatic heterocycles. The van der Waals surface area contributed by atoms with Gasteiger partial charge in [-0.3, -0.25) is 9.36 Å². The second kappa shape index (κ2) is 13.6. The van der Waals surface area contributed by atoms with Crippen LogP contribution in [0.3, 0.4) is 0 Å². The van der Waals surface area contributed by atoms with Gasteiger partial charge in [-0.1, -0.05) is 69.2 Å². The molecule has 238 valence electrons. The van der Waals surface area contributed by atoms with E-state index in [1.807, 2.05) is 42.5 Å². The lowest BCUT2D eigenvalue weighted by molar-refractivity contribution is -0.138. The van der Waals surface area contributed by atoms with Crippen molar-refractivity contribution in [2.75, 3.05) is 20.8 Å². The second-order valence-electron chi connectivity index (χ2n) is 10.2. The first-order chi connectivity index (χ1) is 22.7. The molecule has 0 aliphatic carbocycles. The summed E-state index contributed by atoms with van der Waals surface area (Å²) in [4.78, 5) is 45.7. The summed E-state index contributed by atoms with van der Waals surface area (Å²) in [6.07, 6.45) is 1.60. The van der Waals surface area contributed by atoms with Gasteiger partial charge < -0.3 is 18.6 Å². The molecule has 3 aromatic carbocycles. The Hall–Kier alpha value is -4.71. The first kappa shape index (κ1) is 32.2. The number of furan rings is 1. The topological polar surface area (TPSA) is 109 Å². The first-order valence-corrected chi connectivity index (χ1v) is 16.3. The Labute approximate surface area is 286 Å². The van der Waals surface area contributed by atoms with E-state index < -0.39 is 23.5 Å². The van der Waals surface area contributed by atoms with E-state index >= 15 is 0 Å². The van der Waals surface area contributed by atoms with E-state index in [-0.39, 0.29) is 17.7 Å². The van der Waals surface area contributed by atoms with Gasteiger partial charge in [0.1, 0.15) is 23.3 Å². The van der Waals surface area contributed by atoms with Crippen LogP contribution in [0.5, 0.6) is 5.75 Å². The van der Waals surface area contributed by atoms with Gasteiger partial charge in [-0.05, 0) is 55.5 Å². The normalized spacial score (nSPS) is 14.4. The van der Waals surface area contributed by atoms with Gasteiger partial charge in [0.2, 0.25) is 0 Å². The van der Waals surface area contributed by atoms with Gasteiger partial charge in [-0.15, -0.1) is 0 Å². The molecule has 0 bridgehead atoms. The number of aromatic nitrogens is 1. The Bertz CT molecular complexity index is 2240. The molecular weight excluding hydrogens is 708 g/mol. The lowest BCUT2D eigenvalue weighted by Crippen LogP contribution is -2.40. The Kier molecular flexibility index (Phi) is 9.31. The quantitative estimate of drug-likeness (QED) is 0.170. The summed E-state index contributed by atoms with van der Waals surface area (Å²) < 4.78 is 24.8. The van der Waals surface area contributed by atoms with E-state index in [9.17, 15) is 14.4 Å². The van der Waals surface area contributed by atoms with Crippen molar-refractivity contribution >= 4 is 62.6 Å². The van der Waals surface area contributed by atoms with Crippen LogP contribution in [0.4, 0.5) is 0 Å². The third kappa shape index (κ3) is 6.21. The molecule has 0 spiro atoms. The minimum Gasteiger partial charge on any atom is -0.496 e. The van der Waals surface area contributed by atoms with Crippen molar-refractivity contribution in [3.05, 3.63) is 136 Å². The molecule has 0 fully saturated rings. The number of benzene rings is 3. The zero-order chi connectivity index (χ0) is 33.2. The maximum absolute atomic E-state index is 14.3. The fourth-order valence-electron chi connectivity index (χ4n) is 5.37. The SMILES string of the molecule is CCOC(=O)C1=C(c2ccccc2)N=c2s/c(=C\c3ccc(-c4cc(Cl)ccc4C(=O)OC)o3)c(=O)n2[C@H]1c1cc(Br)ccc1OC. The summed E-state index contributed by atoms with van der Waals surface area (Å²) in [7, 11) is 2.82. The Morgan fingerprint density at radius 3 is 2.55 bits per heavy atom. The van der Waals surface area contributed by atoms with Crippen molar-refractivity contribution in [2.24, 2.45) is 4.99 Å². The van der Waals surface area contributed by atoms with E-state index in [4.69, 9.17) is 35.2 Å². The van der Waals surface area contributed by atoms with Crippen LogP contribution in [0.15, 0.2) is 103 Å². The monoisotopic (exact) mass is 732 g/mol. The molecule has 6 rings (SSSR count). The maximum atomic E-state index is 14.3. The van der Waals surface area contributed by atoms with Crippen molar-refractivity contribution in [1.29, 1.82) is 0 Å². The lowest BCUT2D eigenvalue weighted by Gasteiger charge is -2.27. The number of nitrogens with zero attached hydrogens (tertiary/aromatic N) is 2. The fourth-order valence-corrected chi connectivity index (χ4v) is 6.90. The number of rotatable bonds is 8. The molecule has 9 nitrogen and oxygen atoms in total. The van der Waals surface area contributed by atoms with E-state index in [0.717, 1.165) is 15.8 Å². The number of halogens is 2. The van der Waals surface area contributed by atoms with Crippen molar-refractivity contribution in [3.63, 3.8) is 0 Å². The summed E-state index contributed by atoms with van der Waals surface area (Å²) in [5.74, 6) is 0.0419. The molecule has 12 heteroatoms. The summed E-state index contributed by atoms with van der Waals surface area (Å²) >= 11 is 10.9. The highest BCUT2D eigenvalue weighted by Gasteiger charge is 2.37. The highest BCUT2D eigenvalue weighted by Crippen LogP contribution is 2.40. The van der Waals surface area contributed by atoms with Crippen LogP contribution in [0, 0.1) is 0 Å². The molecule has 3 heterocycles. The van der Waals surface area contributed by atoms with Gasteiger partial charge in [0.25, 0.3) is 5.56 Å². The zero-order valence-electron chi connectivity index (χ0n) is 25.3. The van der Waals surface area contributed by atoms with Gasteiger partial charge in [0.15, 0.2) is 4.80 Å². The smallest absolute Gasteiger partial charge is 0.338 e. The van der Waals surface area contributed by atoms with Gasteiger partial charge >= 0.3 is 11.9 Å². The largest absolute Gasteiger partial charge is 0.496 e. The van der Waals surface area contributed by atoms with Crippen molar-refractivity contribution in [3.8, 4) is 17.1 Å². The lowest BCUT2D eigenvalue weighted by atomic mass is 9.92. The third-order valence-corrected chi connectivity index (χ3v) is 9.12. The van der Waals surface area contributed by atoms with Crippen molar-refractivity contribution < 1.29 is 28.2 Å². The average molecular weight is 734 g/mol. The molecule has 47 heavy (non-hydrogen) atoms. The Morgan fingerprint density at radius 1 is 1.04 bits per heavy atom. The van der Waals surface area contributed by atoms with Gasteiger partial charge in [0, 0.05) is 32.3 Å². The number of esters is 2. The highest BCUT2D eigenvalue weighted by atomic mass is 79.9.